The van der Waals surface area contributed by atoms with Crippen molar-refractivity contribution in [2.24, 2.45) is 0 Å². The molecule has 1 saturated heterocycles. The monoisotopic (exact) mass is 395 g/mol. The molecule has 2 aromatic rings. The van der Waals surface area contributed by atoms with Crippen molar-refractivity contribution in [1.29, 1.82) is 0 Å². The van der Waals surface area contributed by atoms with Crippen LogP contribution in [0.4, 0.5) is 0 Å². The lowest BCUT2D eigenvalue weighted by atomic mass is 10.1. The van der Waals surface area contributed by atoms with Gasteiger partial charge in [0.05, 0.1) is 18.5 Å². The quantitative estimate of drug-likeness (QED) is 0.797. The van der Waals surface area contributed by atoms with Crippen molar-refractivity contribution in [1.82, 2.24) is 4.31 Å². The highest BCUT2D eigenvalue weighted by Gasteiger charge is 2.30. The first-order valence-corrected chi connectivity index (χ1v) is 9.84. The second kappa shape index (κ2) is 7.13. The molecule has 0 spiro atoms. The average Bonchev–Trinajstić information content (AvgIpc) is 2.55. The lowest BCUT2D eigenvalue weighted by Crippen LogP contribution is -2.42. The van der Waals surface area contributed by atoms with Crippen LogP contribution in [0.25, 0.3) is 0 Å². The van der Waals surface area contributed by atoms with Crippen LogP contribution in [0.3, 0.4) is 0 Å². The standard InChI is InChI=1S/C17H18BrNO3S/c18-16-8-4-7-15(11-16)17-12-19(9-10-22-17)23(20,21)13-14-5-2-1-3-6-14/h1-8,11,17H,9-10,12-13H2. The van der Waals surface area contributed by atoms with Gasteiger partial charge in [-0.1, -0.05) is 58.4 Å². The zero-order valence-corrected chi connectivity index (χ0v) is 15.0. The van der Waals surface area contributed by atoms with Gasteiger partial charge in [0.15, 0.2) is 0 Å². The minimum absolute atomic E-state index is 0.0268. The number of ether oxygens (including phenoxy) is 1. The van der Waals surface area contributed by atoms with Crippen LogP contribution in [0.15, 0.2) is 59.1 Å². The Morgan fingerprint density at radius 2 is 1.91 bits per heavy atom. The summed E-state index contributed by atoms with van der Waals surface area (Å²) in [5.41, 5.74) is 1.79. The van der Waals surface area contributed by atoms with Crippen molar-refractivity contribution in [2.45, 2.75) is 11.9 Å². The summed E-state index contributed by atoms with van der Waals surface area (Å²) in [6.07, 6.45) is -0.230. The molecule has 1 fully saturated rings. The van der Waals surface area contributed by atoms with E-state index in [9.17, 15) is 8.42 Å². The summed E-state index contributed by atoms with van der Waals surface area (Å²) >= 11 is 3.44. The van der Waals surface area contributed by atoms with E-state index >= 15 is 0 Å². The third-order valence-electron chi connectivity index (χ3n) is 3.83. The van der Waals surface area contributed by atoms with E-state index in [1.165, 1.54) is 4.31 Å². The second-order valence-corrected chi connectivity index (χ2v) is 8.40. The molecular weight excluding hydrogens is 378 g/mol. The molecule has 1 atom stereocenters. The van der Waals surface area contributed by atoms with E-state index in [4.69, 9.17) is 4.74 Å². The minimum Gasteiger partial charge on any atom is -0.371 e. The number of benzene rings is 2. The molecule has 3 rings (SSSR count). The summed E-state index contributed by atoms with van der Waals surface area (Å²) in [5.74, 6) is 0.0268. The summed E-state index contributed by atoms with van der Waals surface area (Å²) in [6, 6.07) is 17.1. The number of hydrogen-bond donors (Lipinski definition) is 0. The molecule has 1 aliphatic heterocycles. The van der Waals surface area contributed by atoms with Gasteiger partial charge in [0.1, 0.15) is 0 Å². The van der Waals surface area contributed by atoms with Crippen molar-refractivity contribution < 1.29 is 13.2 Å². The Morgan fingerprint density at radius 1 is 1.13 bits per heavy atom. The van der Waals surface area contributed by atoms with Gasteiger partial charge in [-0.05, 0) is 23.3 Å². The smallest absolute Gasteiger partial charge is 0.218 e. The Hall–Kier alpha value is -1.21. The molecule has 2 aromatic carbocycles. The molecule has 0 N–H and O–H groups in total. The largest absolute Gasteiger partial charge is 0.371 e. The Bertz CT molecular complexity index is 764. The van der Waals surface area contributed by atoms with Crippen LogP contribution in [-0.4, -0.2) is 32.4 Å². The van der Waals surface area contributed by atoms with E-state index in [0.717, 1.165) is 15.6 Å². The number of rotatable bonds is 4. The first-order valence-electron chi connectivity index (χ1n) is 7.43. The lowest BCUT2D eigenvalue weighted by Gasteiger charge is -2.32. The van der Waals surface area contributed by atoms with Crippen LogP contribution in [0.5, 0.6) is 0 Å². The van der Waals surface area contributed by atoms with Crippen LogP contribution in [-0.2, 0) is 20.5 Å². The van der Waals surface area contributed by atoms with Crippen molar-refractivity contribution in [3.05, 3.63) is 70.2 Å². The van der Waals surface area contributed by atoms with Crippen molar-refractivity contribution in [3.8, 4) is 0 Å². The first-order chi connectivity index (χ1) is 11.0. The highest BCUT2D eigenvalue weighted by Crippen LogP contribution is 2.26. The average molecular weight is 396 g/mol. The van der Waals surface area contributed by atoms with Gasteiger partial charge < -0.3 is 4.74 Å². The topological polar surface area (TPSA) is 46.6 Å². The van der Waals surface area contributed by atoms with E-state index < -0.39 is 10.0 Å². The third-order valence-corrected chi connectivity index (χ3v) is 6.14. The van der Waals surface area contributed by atoms with Crippen LogP contribution < -0.4 is 0 Å². The fraction of sp³-hybridized carbons (Fsp3) is 0.294. The second-order valence-electron chi connectivity index (χ2n) is 5.51. The molecular formula is C17H18BrNO3S. The molecule has 1 unspecified atom stereocenters. The maximum absolute atomic E-state index is 12.7. The van der Waals surface area contributed by atoms with E-state index in [2.05, 4.69) is 15.9 Å². The minimum atomic E-state index is -3.35. The Labute approximate surface area is 145 Å². The van der Waals surface area contributed by atoms with Gasteiger partial charge in [-0.25, -0.2) is 8.42 Å². The Morgan fingerprint density at radius 3 is 2.65 bits per heavy atom. The molecule has 122 valence electrons. The molecule has 0 aromatic heterocycles. The molecule has 6 heteroatoms. The summed E-state index contributed by atoms with van der Waals surface area (Å²) in [6.45, 7) is 1.16. The number of nitrogens with zero attached hydrogens (tertiary/aromatic N) is 1. The SMILES string of the molecule is O=S(=O)(Cc1ccccc1)N1CCOC(c2cccc(Br)c2)C1. The molecule has 4 nitrogen and oxygen atoms in total. The van der Waals surface area contributed by atoms with Gasteiger partial charge in [0.2, 0.25) is 10.0 Å². The van der Waals surface area contributed by atoms with Gasteiger partial charge in [0, 0.05) is 17.6 Å². The number of sulfonamides is 1. The molecule has 23 heavy (non-hydrogen) atoms. The highest BCUT2D eigenvalue weighted by atomic mass is 79.9. The molecule has 1 heterocycles. The van der Waals surface area contributed by atoms with Crippen LogP contribution in [0, 0.1) is 0 Å². The molecule has 0 aliphatic carbocycles. The van der Waals surface area contributed by atoms with Crippen molar-refractivity contribution >= 4 is 26.0 Å². The molecule has 0 amide bonds. The van der Waals surface area contributed by atoms with Gasteiger partial charge in [-0.15, -0.1) is 0 Å². The zero-order chi connectivity index (χ0) is 16.3. The van der Waals surface area contributed by atoms with E-state index in [1.807, 2.05) is 54.6 Å². The number of hydrogen-bond acceptors (Lipinski definition) is 3. The fourth-order valence-electron chi connectivity index (χ4n) is 2.66. The Balaban J connectivity index is 1.75. The lowest BCUT2D eigenvalue weighted by molar-refractivity contribution is -0.00263. The Kier molecular flexibility index (Phi) is 5.16. The maximum atomic E-state index is 12.7. The van der Waals surface area contributed by atoms with Crippen LogP contribution in [0.1, 0.15) is 17.2 Å². The van der Waals surface area contributed by atoms with E-state index in [0.29, 0.717) is 19.7 Å². The third kappa shape index (κ3) is 4.20. The van der Waals surface area contributed by atoms with Crippen molar-refractivity contribution in [2.75, 3.05) is 19.7 Å². The maximum Gasteiger partial charge on any atom is 0.218 e. The summed E-state index contributed by atoms with van der Waals surface area (Å²) in [7, 11) is -3.35. The van der Waals surface area contributed by atoms with Gasteiger partial charge in [0.25, 0.3) is 0 Å². The molecule has 0 bridgehead atoms. The predicted octanol–water partition coefficient (Wildman–Crippen LogP) is 3.35. The van der Waals surface area contributed by atoms with Gasteiger partial charge >= 0.3 is 0 Å². The first kappa shape index (κ1) is 16.6. The fourth-order valence-corrected chi connectivity index (χ4v) is 4.59. The highest BCUT2D eigenvalue weighted by molar-refractivity contribution is 9.10. The molecule has 1 aliphatic rings. The number of halogens is 1. The summed E-state index contributed by atoms with van der Waals surface area (Å²) < 4.78 is 33.6. The van der Waals surface area contributed by atoms with Crippen LogP contribution in [0.2, 0.25) is 0 Å². The van der Waals surface area contributed by atoms with Gasteiger partial charge in [-0.2, -0.15) is 4.31 Å². The summed E-state index contributed by atoms with van der Waals surface area (Å²) in [5, 5.41) is 0. The zero-order valence-electron chi connectivity index (χ0n) is 12.6. The normalized spacial score (nSPS) is 19.6. The van der Waals surface area contributed by atoms with Crippen LogP contribution >= 0.6 is 15.9 Å². The molecule has 0 radical (unpaired) electrons. The van der Waals surface area contributed by atoms with Gasteiger partial charge in [-0.3, -0.25) is 0 Å². The predicted molar refractivity (Wildman–Crippen MR) is 93.5 cm³/mol. The van der Waals surface area contributed by atoms with E-state index in [1.54, 1.807) is 0 Å². The van der Waals surface area contributed by atoms with Crippen molar-refractivity contribution in [3.63, 3.8) is 0 Å². The molecule has 0 saturated carbocycles. The number of morpholine rings is 1. The summed E-state index contributed by atoms with van der Waals surface area (Å²) in [4.78, 5) is 0. The van der Waals surface area contributed by atoms with E-state index in [-0.39, 0.29) is 11.9 Å².